The van der Waals surface area contributed by atoms with E-state index in [-0.39, 0.29) is 0 Å². The Labute approximate surface area is 103 Å². The molecule has 0 unspecified atom stereocenters. The van der Waals surface area contributed by atoms with Crippen molar-refractivity contribution in [2.45, 2.75) is 18.6 Å². The van der Waals surface area contributed by atoms with Crippen molar-refractivity contribution in [2.75, 3.05) is 19.1 Å². The fraction of sp³-hybridized carbons (Fsp3) is 0.600. The fourth-order valence-electron chi connectivity index (χ4n) is 1.68. The summed E-state index contributed by atoms with van der Waals surface area (Å²) in [5, 5.41) is 0. The van der Waals surface area contributed by atoms with Crippen LogP contribution < -0.4 is 0 Å². The van der Waals surface area contributed by atoms with Gasteiger partial charge in [-0.15, -0.1) is 22.9 Å². The van der Waals surface area contributed by atoms with Crippen LogP contribution in [0.5, 0.6) is 0 Å². The monoisotopic (exact) mass is 266 g/mol. The van der Waals surface area contributed by atoms with Crippen LogP contribution in [0.1, 0.15) is 17.7 Å². The minimum absolute atomic E-state index is 0.591. The molecule has 0 N–H and O–H groups in total. The molecule has 2 heterocycles. The molecule has 15 heavy (non-hydrogen) atoms. The zero-order valence-corrected chi connectivity index (χ0v) is 10.5. The lowest BCUT2D eigenvalue weighted by Gasteiger charge is -2.25. The zero-order valence-electron chi connectivity index (χ0n) is 8.17. The molecule has 0 bridgehead atoms. The molecule has 0 amide bonds. The van der Waals surface area contributed by atoms with E-state index in [9.17, 15) is 0 Å². The van der Waals surface area contributed by atoms with Crippen LogP contribution in [-0.2, 0) is 15.3 Å². The molecule has 2 nitrogen and oxygen atoms in total. The number of ether oxygens (including phenoxy) is 2. The molecule has 0 aromatic carbocycles. The Morgan fingerprint density at radius 2 is 2.07 bits per heavy atom. The summed E-state index contributed by atoms with van der Waals surface area (Å²) in [6, 6.07) is 3.83. The first-order chi connectivity index (χ1) is 7.27. The highest BCUT2D eigenvalue weighted by Gasteiger charge is 2.39. The van der Waals surface area contributed by atoms with Crippen LogP contribution in [0.15, 0.2) is 12.1 Å². The van der Waals surface area contributed by atoms with E-state index in [0.717, 1.165) is 22.1 Å². The van der Waals surface area contributed by atoms with Gasteiger partial charge in [-0.25, -0.2) is 0 Å². The minimum atomic E-state index is -0.591. The Kier molecular flexibility index (Phi) is 3.91. The van der Waals surface area contributed by atoms with Crippen LogP contribution in [-0.4, -0.2) is 19.1 Å². The molecule has 0 spiro atoms. The Bertz CT molecular complexity index is 321. The van der Waals surface area contributed by atoms with Crippen molar-refractivity contribution in [1.82, 2.24) is 0 Å². The smallest absolute Gasteiger partial charge is 0.204 e. The number of hydrogen-bond donors (Lipinski definition) is 0. The number of thiophene rings is 1. The highest BCUT2D eigenvalue weighted by atomic mass is 35.5. The second-order valence-corrected chi connectivity index (χ2v) is 5.44. The second kappa shape index (κ2) is 5.02. The van der Waals surface area contributed by atoms with Gasteiger partial charge in [-0.2, -0.15) is 0 Å². The predicted octanol–water partition coefficient (Wildman–Crippen LogP) is 3.62. The highest BCUT2D eigenvalue weighted by Crippen LogP contribution is 2.40. The average molecular weight is 267 g/mol. The quantitative estimate of drug-likeness (QED) is 0.776. The molecule has 0 saturated carbocycles. The largest absolute Gasteiger partial charge is 0.343 e. The summed E-state index contributed by atoms with van der Waals surface area (Å²) in [5.41, 5.74) is 0. The van der Waals surface area contributed by atoms with E-state index in [0.29, 0.717) is 19.1 Å². The maximum atomic E-state index is 5.92. The van der Waals surface area contributed by atoms with Gasteiger partial charge in [0.05, 0.1) is 22.4 Å². The van der Waals surface area contributed by atoms with Crippen LogP contribution in [0.3, 0.4) is 0 Å². The van der Waals surface area contributed by atoms with Gasteiger partial charge in [-0.3, -0.25) is 0 Å². The van der Waals surface area contributed by atoms with Crippen LogP contribution in [0.4, 0.5) is 0 Å². The molecule has 0 atom stereocenters. The summed E-state index contributed by atoms with van der Waals surface area (Å²) in [6.45, 7) is 1.27. The van der Waals surface area contributed by atoms with Gasteiger partial charge in [-0.05, 0) is 18.6 Å². The van der Waals surface area contributed by atoms with Gasteiger partial charge in [0.25, 0.3) is 0 Å². The molecule has 1 aromatic heterocycles. The van der Waals surface area contributed by atoms with Gasteiger partial charge in [0, 0.05) is 12.3 Å². The number of halogens is 2. The Hall–Kier alpha value is 0.200. The number of hydrogen-bond acceptors (Lipinski definition) is 3. The van der Waals surface area contributed by atoms with Gasteiger partial charge in [0.15, 0.2) is 0 Å². The van der Waals surface area contributed by atoms with Crippen molar-refractivity contribution in [2.24, 2.45) is 0 Å². The van der Waals surface area contributed by atoms with Crippen molar-refractivity contribution in [3.05, 3.63) is 21.3 Å². The van der Waals surface area contributed by atoms with Gasteiger partial charge >= 0.3 is 0 Å². The molecule has 1 saturated heterocycles. The van der Waals surface area contributed by atoms with E-state index in [2.05, 4.69) is 0 Å². The first kappa shape index (κ1) is 11.7. The summed E-state index contributed by atoms with van der Waals surface area (Å²) in [5.74, 6) is 0.0280. The normalized spacial score (nSPS) is 19.6. The molecular weight excluding hydrogens is 255 g/mol. The lowest BCUT2D eigenvalue weighted by molar-refractivity contribution is -0.168. The van der Waals surface area contributed by atoms with E-state index in [4.69, 9.17) is 32.7 Å². The summed E-state index contributed by atoms with van der Waals surface area (Å²) >= 11 is 13.1. The molecule has 1 fully saturated rings. The lowest BCUT2D eigenvalue weighted by Crippen LogP contribution is -2.25. The first-order valence-electron chi connectivity index (χ1n) is 4.86. The molecule has 1 aliphatic heterocycles. The topological polar surface area (TPSA) is 18.5 Å². The Balaban J connectivity index is 2.18. The maximum Gasteiger partial charge on any atom is 0.204 e. The van der Waals surface area contributed by atoms with Crippen molar-refractivity contribution in [3.8, 4) is 0 Å². The summed E-state index contributed by atoms with van der Waals surface area (Å²) < 4.78 is 12.2. The van der Waals surface area contributed by atoms with E-state index in [1.807, 2.05) is 12.1 Å². The molecular formula is C10H12Cl2O2S. The third kappa shape index (κ3) is 2.48. The average Bonchev–Trinajstić information content (AvgIpc) is 2.84. The molecule has 2 rings (SSSR count). The summed E-state index contributed by atoms with van der Waals surface area (Å²) in [4.78, 5) is 1.04. The van der Waals surface area contributed by atoms with Crippen LogP contribution in [0.25, 0.3) is 0 Å². The van der Waals surface area contributed by atoms with E-state index in [1.165, 1.54) is 11.3 Å². The molecule has 84 valence electrons. The highest BCUT2D eigenvalue weighted by molar-refractivity contribution is 7.16. The Morgan fingerprint density at radius 3 is 2.60 bits per heavy atom. The second-order valence-electron chi connectivity index (χ2n) is 3.35. The molecule has 0 radical (unpaired) electrons. The fourth-order valence-corrected chi connectivity index (χ4v) is 2.99. The van der Waals surface area contributed by atoms with Crippen LogP contribution in [0, 0.1) is 0 Å². The van der Waals surface area contributed by atoms with E-state index in [1.54, 1.807) is 0 Å². The van der Waals surface area contributed by atoms with E-state index < -0.39 is 5.79 Å². The maximum absolute atomic E-state index is 5.92. The summed E-state index contributed by atoms with van der Waals surface area (Å²) in [7, 11) is 0. The van der Waals surface area contributed by atoms with Gasteiger partial charge in [0.1, 0.15) is 0 Å². The SMILES string of the molecule is ClCCCC1(c2ccc(Cl)s2)OCCO1. The zero-order chi connectivity index (χ0) is 10.7. The third-order valence-electron chi connectivity index (χ3n) is 2.34. The van der Waals surface area contributed by atoms with Crippen molar-refractivity contribution >= 4 is 34.5 Å². The molecule has 0 aliphatic carbocycles. The third-order valence-corrected chi connectivity index (χ3v) is 3.96. The van der Waals surface area contributed by atoms with Crippen LogP contribution >= 0.6 is 34.5 Å². The molecule has 1 aromatic rings. The first-order valence-corrected chi connectivity index (χ1v) is 6.59. The minimum Gasteiger partial charge on any atom is -0.343 e. The number of alkyl halides is 1. The van der Waals surface area contributed by atoms with Gasteiger partial charge in [0.2, 0.25) is 5.79 Å². The van der Waals surface area contributed by atoms with Crippen LogP contribution in [0.2, 0.25) is 4.34 Å². The van der Waals surface area contributed by atoms with Crippen molar-refractivity contribution in [1.29, 1.82) is 0 Å². The standard InChI is InChI=1S/C10H12Cl2O2S/c11-5-1-4-10(13-6-7-14-10)8-2-3-9(12)15-8/h2-3H,1,4-7H2. The molecule has 5 heteroatoms. The van der Waals surface area contributed by atoms with Crippen molar-refractivity contribution < 1.29 is 9.47 Å². The molecule has 1 aliphatic rings. The van der Waals surface area contributed by atoms with Gasteiger partial charge < -0.3 is 9.47 Å². The van der Waals surface area contributed by atoms with E-state index >= 15 is 0 Å². The lowest BCUT2D eigenvalue weighted by atomic mass is 10.1. The van der Waals surface area contributed by atoms with Crippen molar-refractivity contribution in [3.63, 3.8) is 0 Å². The summed E-state index contributed by atoms with van der Waals surface area (Å²) in [6.07, 6.45) is 1.66. The predicted molar refractivity (Wildman–Crippen MR) is 62.9 cm³/mol. The van der Waals surface area contributed by atoms with Gasteiger partial charge in [-0.1, -0.05) is 11.6 Å². The number of rotatable bonds is 4. The Morgan fingerprint density at radius 1 is 1.33 bits per heavy atom.